The minimum atomic E-state index is 0.0729. The molecule has 1 fully saturated rings. The minimum Gasteiger partial charge on any atom is -0.508 e. The van der Waals surface area contributed by atoms with Crippen LogP contribution in [0.5, 0.6) is 5.75 Å². The van der Waals surface area contributed by atoms with E-state index in [1.807, 2.05) is 12.1 Å². The first-order chi connectivity index (χ1) is 11.2. The summed E-state index contributed by atoms with van der Waals surface area (Å²) in [5, 5.41) is 14.0. The van der Waals surface area contributed by atoms with Crippen molar-refractivity contribution in [2.75, 3.05) is 0 Å². The van der Waals surface area contributed by atoms with Crippen molar-refractivity contribution in [2.45, 2.75) is 25.2 Å². The fraction of sp³-hybridized carbons (Fsp3) is 0.222. The molecule has 23 heavy (non-hydrogen) atoms. The largest absolute Gasteiger partial charge is 0.508 e. The Morgan fingerprint density at radius 2 is 1.83 bits per heavy atom. The quantitative estimate of drug-likeness (QED) is 0.733. The summed E-state index contributed by atoms with van der Waals surface area (Å²) in [5.74, 6) is 1.64. The van der Waals surface area contributed by atoms with Crippen LogP contribution in [-0.4, -0.2) is 15.2 Å². The maximum absolute atomic E-state index is 9.62. The van der Waals surface area contributed by atoms with Gasteiger partial charge in [-0.25, -0.2) is 0 Å². The molecule has 1 saturated carbocycles. The lowest BCUT2D eigenvalue weighted by atomic mass is 9.80. The summed E-state index contributed by atoms with van der Waals surface area (Å²) in [4.78, 5) is 4.39. The van der Waals surface area contributed by atoms with Crippen LogP contribution < -0.4 is 0 Å². The predicted molar refractivity (Wildman–Crippen MR) is 88.4 cm³/mol. The topological polar surface area (TPSA) is 59.2 Å². The highest BCUT2D eigenvalue weighted by molar-refractivity contribution is 6.31. The fourth-order valence-corrected chi connectivity index (χ4v) is 3.03. The minimum absolute atomic E-state index is 0.0729. The number of phenolic OH excluding ortho intramolecular Hbond substituents is 1. The Kier molecular flexibility index (Phi) is 3.54. The van der Waals surface area contributed by atoms with Crippen LogP contribution >= 0.6 is 11.6 Å². The molecule has 0 aliphatic heterocycles. The first kappa shape index (κ1) is 14.3. The van der Waals surface area contributed by atoms with Gasteiger partial charge in [0.1, 0.15) is 5.75 Å². The zero-order valence-corrected chi connectivity index (χ0v) is 13.1. The molecule has 0 amide bonds. The highest BCUT2D eigenvalue weighted by Gasteiger charge is 2.19. The second-order valence-corrected chi connectivity index (χ2v) is 6.31. The molecule has 2 aromatic carbocycles. The summed E-state index contributed by atoms with van der Waals surface area (Å²) < 4.78 is 5.34. The summed E-state index contributed by atoms with van der Waals surface area (Å²) in [5.41, 5.74) is 2.88. The number of phenols is 1. The lowest BCUT2D eigenvalue weighted by molar-refractivity contribution is 0.419. The van der Waals surface area contributed by atoms with E-state index in [-0.39, 0.29) is 5.75 Å². The van der Waals surface area contributed by atoms with Crippen molar-refractivity contribution >= 4 is 11.6 Å². The van der Waals surface area contributed by atoms with E-state index in [0.29, 0.717) is 28.2 Å². The van der Waals surface area contributed by atoms with Crippen LogP contribution in [0.15, 0.2) is 47.0 Å². The summed E-state index contributed by atoms with van der Waals surface area (Å²) in [6.07, 6.45) is 3.89. The Hall–Kier alpha value is -2.33. The Bertz CT molecular complexity index is 818. The van der Waals surface area contributed by atoms with Gasteiger partial charge in [0.05, 0.1) is 0 Å². The predicted octanol–water partition coefficient (Wildman–Crippen LogP) is 5.03. The molecule has 0 radical (unpaired) electrons. The molecule has 0 unspecified atom stereocenters. The van der Waals surface area contributed by atoms with E-state index in [0.717, 1.165) is 5.56 Å². The van der Waals surface area contributed by atoms with Crippen molar-refractivity contribution in [3.8, 4) is 28.6 Å². The second-order valence-electron chi connectivity index (χ2n) is 5.87. The van der Waals surface area contributed by atoms with Crippen molar-refractivity contribution in [3.05, 3.63) is 53.1 Å². The smallest absolute Gasteiger partial charge is 0.258 e. The van der Waals surface area contributed by atoms with Gasteiger partial charge >= 0.3 is 0 Å². The highest BCUT2D eigenvalue weighted by Crippen LogP contribution is 2.37. The van der Waals surface area contributed by atoms with Gasteiger partial charge in [0, 0.05) is 16.1 Å². The van der Waals surface area contributed by atoms with Gasteiger partial charge in [-0.2, -0.15) is 4.98 Å². The van der Waals surface area contributed by atoms with Crippen LogP contribution in [0.4, 0.5) is 0 Å². The molecular formula is C18H15ClN2O2. The second kappa shape index (κ2) is 5.70. The van der Waals surface area contributed by atoms with Crippen molar-refractivity contribution < 1.29 is 9.63 Å². The van der Waals surface area contributed by atoms with Crippen molar-refractivity contribution in [3.63, 3.8) is 0 Å². The zero-order valence-electron chi connectivity index (χ0n) is 12.4. The molecule has 0 atom stereocenters. The average molecular weight is 327 g/mol. The molecule has 5 heteroatoms. The lowest BCUT2D eigenvalue weighted by Crippen LogP contribution is -2.08. The number of hydrogen-bond donors (Lipinski definition) is 1. The van der Waals surface area contributed by atoms with Gasteiger partial charge in [0.15, 0.2) is 0 Å². The lowest BCUT2D eigenvalue weighted by Gasteiger charge is -2.25. The molecule has 1 N–H and O–H groups in total. The summed E-state index contributed by atoms with van der Waals surface area (Å²) in [7, 11) is 0. The number of hydrogen-bond acceptors (Lipinski definition) is 4. The van der Waals surface area contributed by atoms with E-state index < -0.39 is 0 Å². The van der Waals surface area contributed by atoms with E-state index >= 15 is 0 Å². The molecule has 0 saturated heterocycles. The van der Waals surface area contributed by atoms with Crippen LogP contribution in [0.2, 0.25) is 5.02 Å². The Morgan fingerprint density at radius 3 is 2.48 bits per heavy atom. The van der Waals surface area contributed by atoms with E-state index in [1.165, 1.54) is 30.9 Å². The molecule has 0 bridgehead atoms. The third-order valence-corrected chi connectivity index (χ3v) is 4.52. The first-order valence-corrected chi connectivity index (χ1v) is 8.01. The molecule has 0 spiro atoms. The molecule has 116 valence electrons. The third-order valence-electron chi connectivity index (χ3n) is 4.30. The Morgan fingerprint density at radius 1 is 1.04 bits per heavy atom. The molecule has 1 aliphatic rings. The van der Waals surface area contributed by atoms with Gasteiger partial charge in [-0.15, -0.1) is 0 Å². The highest BCUT2D eigenvalue weighted by atomic mass is 35.5. The van der Waals surface area contributed by atoms with E-state index in [2.05, 4.69) is 22.3 Å². The first-order valence-electron chi connectivity index (χ1n) is 7.63. The molecular weight excluding hydrogens is 312 g/mol. The zero-order chi connectivity index (χ0) is 15.8. The number of nitrogens with zero attached hydrogens (tertiary/aromatic N) is 2. The van der Waals surface area contributed by atoms with Crippen molar-refractivity contribution in [1.82, 2.24) is 10.1 Å². The van der Waals surface area contributed by atoms with E-state index in [4.69, 9.17) is 16.1 Å². The monoisotopic (exact) mass is 326 g/mol. The van der Waals surface area contributed by atoms with Gasteiger partial charge in [-0.3, -0.25) is 0 Å². The van der Waals surface area contributed by atoms with Crippen LogP contribution in [-0.2, 0) is 0 Å². The molecule has 4 rings (SSSR count). The van der Waals surface area contributed by atoms with Gasteiger partial charge in [-0.05, 0) is 54.7 Å². The third kappa shape index (κ3) is 2.82. The van der Waals surface area contributed by atoms with Crippen molar-refractivity contribution in [2.24, 2.45) is 0 Å². The SMILES string of the molecule is Oc1cc(Cl)cc(-c2noc(-c3ccc(C4CCC4)cc3)n2)c1. The number of rotatable bonds is 3. The maximum atomic E-state index is 9.62. The Balaban J connectivity index is 1.62. The summed E-state index contributed by atoms with van der Waals surface area (Å²) >= 11 is 5.94. The molecule has 4 nitrogen and oxygen atoms in total. The van der Waals surface area contributed by atoms with Crippen LogP contribution in [0.25, 0.3) is 22.8 Å². The van der Waals surface area contributed by atoms with Crippen LogP contribution in [0.3, 0.4) is 0 Å². The van der Waals surface area contributed by atoms with Crippen LogP contribution in [0, 0.1) is 0 Å². The van der Waals surface area contributed by atoms with Gasteiger partial charge in [0.25, 0.3) is 5.89 Å². The summed E-state index contributed by atoms with van der Waals surface area (Å²) in [6, 6.07) is 13.0. The van der Waals surface area contributed by atoms with E-state index in [1.54, 1.807) is 12.1 Å². The number of aromatic hydroxyl groups is 1. The normalized spacial score (nSPS) is 14.7. The summed E-state index contributed by atoms with van der Waals surface area (Å²) in [6.45, 7) is 0. The molecule has 1 aliphatic carbocycles. The molecule has 1 aromatic heterocycles. The number of aromatic nitrogens is 2. The standard InChI is InChI=1S/C18H15ClN2O2/c19-15-8-14(9-16(22)10-15)17-20-18(23-21-17)13-6-4-12(5-7-13)11-2-1-3-11/h4-11,22H,1-3H2. The Labute approximate surface area is 138 Å². The number of halogens is 1. The van der Waals surface area contributed by atoms with Crippen molar-refractivity contribution in [1.29, 1.82) is 0 Å². The molecule has 3 aromatic rings. The molecule has 1 heterocycles. The van der Waals surface area contributed by atoms with Gasteiger partial charge in [0.2, 0.25) is 5.82 Å². The van der Waals surface area contributed by atoms with Gasteiger partial charge in [-0.1, -0.05) is 35.3 Å². The fourth-order valence-electron chi connectivity index (χ4n) is 2.80. The average Bonchev–Trinajstić information content (AvgIpc) is 2.95. The maximum Gasteiger partial charge on any atom is 0.258 e. The van der Waals surface area contributed by atoms with Crippen LogP contribution in [0.1, 0.15) is 30.7 Å². The number of benzene rings is 2. The van der Waals surface area contributed by atoms with Gasteiger partial charge < -0.3 is 9.63 Å². The van der Waals surface area contributed by atoms with E-state index in [9.17, 15) is 5.11 Å².